The molecule has 3 aliphatic rings. The van der Waals surface area contributed by atoms with Gasteiger partial charge in [0.25, 0.3) is 5.69 Å². The van der Waals surface area contributed by atoms with Crippen LogP contribution in [0.25, 0.3) is 0 Å². The number of carbonyl (C=O) groups excluding carboxylic acids is 2. The van der Waals surface area contributed by atoms with Gasteiger partial charge in [-0.1, -0.05) is 12.1 Å². The standard InChI is InChI=1S/C11H9NO6.C10H13NO.C10H10O2/c13-9-4-7(5-11(14)15)18-10-2-1-6(12(16)17)3-8(9)10;1-7-2-3-8-6-9(11)4-5-10(8)12-7;1-7-6-9(11)8-4-2-3-5-10(8)12-7/h1-3,7H,4-5H2,(H,14,15);4-7H,2-3,11H2,1H3;2-5,7H,6H2,1H3. The van der Waals surface area contributed by atoms with E-state index in [1.54, 1.807) is 0 Å². The Bertz CT molecular complexity index is 1500. The van der Waals surface area contributed by atoms with Gasteiger partial charge in [-0.25, -0.2) is 0 Å². The molecule has 3 aliphatic heterocycles. The molecule has 0 fully saturated rings. The van der Waals surface area contributed by atoms with Crippen LogP contribution >= 0.6 is 0 Å². The highest BCUT2D eigenvalue weighted by atomic mass is 16.6. The largest absolute Gasteiger partial charge is 0.490 e. The first-order chi connectivity index (χ1) is 20.0. The van der Waals surface area contributed by atoms with Crippen molar-refractivity contribution in [1.82, 2.24) is 0 Å². The minimum absolute atomic E-state index is 0.0207. The first kappa shape index (κ1) is 30.0. The number of Topliss-reactive ketones (excluding diaryl/α,β-unsaturated/α-hetero) is 2. The normalized spacial score (nSPS) is 19.8. The number of nitrogens with zero attached hydrogens (tertiary/aromatic N) is 1. The van der Waals surface area contributed by atoms with E-state index >= 15 is 0 Å². The number of carboxylic acid groups (broad SMARTS) is 1. The highest BCUT2D eigenvalue weighted by Crippen LogP contribution is 2.32. The van der Waals surface area contributed by atoms with Gasteiger partial charge >= 0.3 is 5.97 Å². The summed E-state index contributed by atoms with van der Waals surface area (Å²) >= 11 is 0. The maximum Gasteiger partial charge on any atom is 0.307 e. The number of rotatable bonds is 3. The van der Waals surface area contributed by atoms with Crippen LogP contribution in [0.15, 0.2) is 60.7 Å². The molecule has 11 heteroatoms. The first-order valence-corrected chi connectivity index (χ1v) is 13.5. The van der Waals surface area contributed by atoms with Crippen molar-refractivity contribution in [3.8, 4) is 17.2 Å². The summed E-state index contributed by atoms with van der Waals surface area (Å²) in [6.07, 6.45) is 1.97. The van der Waals surface area contributed by atoms with E-state index in [1.165, 1.54) is 17.7 Å². The van der Waals surface area contributed by atoms with Gasteiger partial charge < -0.3 is 25.1 Å². The van der Waals surface area contributed by atoms with E-state index < -0.39 is 17.0 Å². The maximum absolute atomic E-state index is 11.8. The van der Waals surface area contributed by atoms with Crippen LogP contribution in [0.2, 0.25) is 0 Å². The van der Waals surface area contributed by atoms with E-state index in [0.717, 1.165) is 41.7 Å². The molecule has 11 nitrogen and oxygen atoms in total. The van der Waals surface area contributed by atoms with Crippen LogP contribution in [-0.4, -0.2) is 45.9 Å². The Morgan fingerprint density at radius 3 is 2.31 bits per heavy atom. The number of nitro groups is 1. The van der Waals surface area contributed by atoms with Gasteiger partial charge in [0.05, 0.1) is 28.6 Å². The molecule has 3 atom stereocenters. The summed E-state index contributed by atoms with van der Waals surface area (Å²) in [5.41, 5.74) is 8.39. The molecule has 0 bridgehead atoms. The number of hydrogen-bond donors (Lipinski definition) is 2. The third kappa shape index (κ3) is 7.62. The zero-order valence-electron chi connectivity index (χ0n) is 23.3. The van der Waals surface area contributed by atoms with Crippen molar-refractivity contribution in [3.63, 3.8) is 0 Å². The Labute approximate surface area is 242 Å². The highest BCUT2D eigenvalue weighted by molar-refractivity contribution is 6.01. The maximum atomic E-state index is 11.8. The number of carbonyl (C=O) groups is 3. The summed E-state index contributed by atoms with van der Waals surface area (Å²) in [6, 6.07) is 16.9. The predicted octanol–water partition coefficient (Wildman–Crippen LogP) is 5.43. The number of aliphatic carboxylic acids is 1. The number of fused-ring (bicyclic) bond motifs is 3. The van der Waals surface area contributed by atoms with Crippen LogP contribution in [-0.2, 0) is 11.2 Å². The van der Waals surface area contributed by atoms with Gasteiger partial charge in [0.15, 0.2) is 11.6 Å². The highest BCUT2D eigenvalue weighted by Gasteiger charge is 2.29. The van der Waals surface area contributed by atoms with E-state index in [9.17, 15) is 24.5 Å². The van der Waals surface area contributed by atoms with E-state index in [1.807, 2.05) is 49.4 Å². The second kappa shape index (κ2) is 13.2. The lowest BCUT2D eigenvalue weighted by atomic mass is 9.98. The second-order valence-corrected chi connectivity index (χ2v) is 10.3. The van der Waals surface area contributed by atoms with Gasteiger partial charge in [-0.2, -0.15) is 0 Å². The molecular weight excluding hydrogens is 544 g/mol. The van der Waals surface area contributed by atoms with Gasteiger partial charge in [-0.3, -0.25) is 24.5 Å². The molecule has 0 aliphatic carbocycles. The summed E-state index contributed by atoms with van der Waals surface area (Å²) in [6.45, 7) is 4.01. The van der Waals surface area contributed by atoms with Crippen molar-refractivity contribution >= 4 is 28.9 Å². The van der Waals surface area contributed by atoms with E-state index in [0.29, 0.717) is 12.5 Å². The number of nitrogen functional groups attached to an aromatic ring is 1. The number of ketones is 2. The van der Waals surface area contributed by atoms with Crippen LogP contribution < -0.4 is 19.9 Å². The molecule has 6 rings (SSSR count). The lowest BCUT2D eigenvalue weighted by molar-refractivity contribution is -0.384. The first-order valence-electron chi connectivity index (χ1n) is 13.5. The molecule has 3 aromatic carbocycles. The fourth-order valence-corrected chi connectivity index (χ4v) is 4.77. The number of non-ortho nitro benzene ring substituents is 1. The van der Waals surface area contributed by atoms with Crippen molar-refractivity contribution in [3.05, 3.63) is 87.5 Å². The van der Waals surface area contributed by atoms with Crippen LogP contribution in [0.5, 0.6) is 17.2 Å². The number of aryl methyl sites for hydroxylation is 1. The van der Waals surface area contributed by atoms with Crippen molar-refractivity contribution < 1.29 is 38.6 Å². The molecule has 0 saturated carbocycles. The summed E-state index contributed by atoms with van der Waals surface area (Å²) in [5, 5.41) is 19.2. The zero-order valence-corrected chi connectivity index (χ0v) is 23.3. The van der Waals surface area contributed by atoms with E-state index in [4.69, 9.17) is 25.1 Å². The van der Waals surface area contributed by atoms with Crippen LogP contribution in [0, 0.1) is 10.1 Å². The monoisotopic (exact) mass is 576 g/mol. The summed E-state index contributed by atoms with van der Waals surface area (Å²) in [4.78, 5) is 43.7. The predicted molar refractivity (Wildman–Crippen MR) is 153 cm³/mol. The fraction of sp³-hybridized carbons (Fsp3) is 0.323. The van der Waals surface area contributed by atoms with Gasteiger partial charge in [0.2, 0.25) is 0 Å². The molecule has 3 unspecified atom stereocenters. The Morgan fingerprint density at radius 2 is 1.57 bits per heavy atom. The molecule has 0 amide bonds. The minimum atomic E-state index is -1.06. The molecule has 0 radical (unpaired) electrons. The SMILES string of the molecule is CC1CC(=O)c2ccccc2O1.CC1CCc2cc(N)ccc2O1.O=C(O)CC1CC(=O)c2cc([N+](=O)[O-])ccc2O1. The van der Waals surface area contributed by atoms with Gasteiger partial charge in [0, 0.05) is 30.7 Å². The van der Waals surface area contributed by atoms with Crippen molar-refractivity contribution in [2.45, 2.75) is 64.3 Å². The number of carboxylic acids is 1. The average molecular weight is 577 g/mol. The molecule has 220 valence electrons. The number of anilines is 1. The molecule has 3 N–H and O–H groups in total. The van der Waals surface area contributed by atoms with Crippen LogP contribution in [0.1, 0.15) is 65.8 Å². The van der Waals surface area contributed by atoms with Crippen molar-refractivity contribution in [2.24, 2.45) is 0 Å². The Morgan fingerprint density at radius 1 is 0.905 bits per heavy atom. The van der Waals surface area contributed by atoms with Gasteiger partial charge in [0.1, 0.15) is 29.5 Å². The molecular formula is C31H32N2O9. The van der Waals surface area contributed by atoms with Gasteiger partial charge in [-0.15, -0.1) is 0 Å². The number of nitrogens with two attached hydrogens (primary N) is 1. The van der Waals surface area contributed by atoms with E-state index in [-0.39, 0.29) is 47.5 Å². The van der Waals surface area contributed by atoms with Gasteiger partial charge in [-0.05, 0) is 68.7 Å². The van der Waals surface area contributed by atoms with Crippen molar-refractivity contribution in [2.75, 3.05) is 5.73 Å². The zero-order chi connectivity index (χ0) is 30.4. The number of benzene rings is 3. The van der Waals surface area contributed by atoms with Crippen LogP contribution in [0.4, 0.5) is 11.4 Å². The lowest BCUT2D eigenvalue weighted by Gasteiger charge is -2.23. The van der Waals surface area contributed by atoms with Crippen molar-refractivity contribution in [1.29, 1.82) is 0 Å². The molecule has 0 saturated heterocycles. The third-order valence-electron chi connectivity index (χ3n) is 6.80. The van der Waals surface area contributed by atoms with E-state index in [2.05, 4.69) is 6.92 Å². The number of para-hydroxylation sites is 1. The smallest absolute Gasteiger partial charge is 0.307 e. The molecule has 3 heterocycles. The Hall–Kier alpha value is -4.93. The minimum Gasteiger partial charge on any atom is -0.490 e. The number of nitro benzene ring substituents is 1. The molecule has 42 heavy (non-hydrogen) atoms. The lowest BCUT2D eigenvalue weighted by Crippen LogP contribution is -2.29. The number of ether oxygens (including phenoxy) is 3. The quantitative estimate of drug-likeness (QED) is 0.233. The fourth-order valence-electron chi connectivity index (χ4n) is 4.77. The third-order valence-corrected chi connectivity index (χ3v) is 6.80. The second-order valence-electron chi connectivity index (χ2n) is 10.3. The Balaban J connectivity index is 0.000000149. The molecule has 0 aromatic heterocycles. The molecule has 0 spiro atoms. The summed E-state index contributed by atoms with van der Waals surface area (Å²) < 4.78 is 16.4. The topological polar surface area (TPSA) is 168 Å². The average Bonchev–Trinajstić information content (AvgIpc) is 2.93. The Kier molecular flexibility index (Phi) is 9.41. The summed E-state index contributed by atoms with van der Waals surface area (Å²) in [7, 11) is 0. The summed E-state index contributed by atoms with van der Waals surface area (Å²) in [5.74, 6) is 0.709. The number of hydrogen-bond acceptors (Lipinski definition) is 9. The molecule has 3 aromatic rings. The van der Waals surface area contributed by atoms with Crippen LogP contribution in [0.3, 0.4) is 0 Å².